The molecule has 3 rings (SSSR count). The number of nitrogens with zero attached hydrogens (tertiary/aromatic N) is 3. The Morgan fingerprint density at radius 2 is 2.04 bits per heavy atom. The van der Waals surface area contributed by atoms with E-state index < -0.39 is 30.2 Å². The smallest absolute Gasteiger partial charge is 0.405 e. The topological polar surface area (TPSA) is 92.4 Å². The maximum Gasteiger partial charge on any atom is 0.405 e. The van der Waals surface area contributed by atoms with E-state index in [-0.39, 0.29) is 47.9 Å². The molecule has 0 radical (unpaired) electrons. The fourth-order valence-electron chi connectivity index (χ4n) is 3.18. The molecule has 1 fully saturated rings. The number of amides is 1. The lowest BCUT2D eigenvalue weighted by Crippen LogP contribution is -2.57. The number of aromatic nitrogens is 2. The van der Waals surface area contributed by atoms with E-state index in [1.807, 2.05) is 0 Å². The summed E-state index contributed by atoms with van der Waals surface area (Å²) in [6, 6.07) is -1.80. The number of rotatable bonds is 4. The number of furan rings is 1. The van der Waals surface area contributed by atoms with Gasteiger partial charge in [-0.15, -0.1) is 12.4 Å². The van der Waals surface area contributed by atoms with E-state index in [4.69, 9.17) is 4.42 Å². The fraction of sp³-hybridized carbons (Fsp3) is 0.562. The lowest BCUT2D eigenvalue weighted by molar-refractivity contribution is -0.183. The Hall–Kier alpha value is -2.11. The highest BCUT2D eigenvalue weighted by atomic mass is 35.5. The van der Waals surface area contributed by atoms with Gasteiger partial charge < -0.3 is 19.6 Å². The lowest BCUT2D eigenvalue weighted by atomic mass is 10.1. The third-order valence-corrected chi connectivity index (χ3v) is 4.60. The average Bonchev–Trinajstić information content (AvgIpc) is 2.95. The highest BCUT2D eigenvalue weighted by Crippen LogP contribution is 2.25. The lowest BCUT2D eigenvalue weighted by Gasteiger charge is -2.35. The number of carbonyl (C=O) groups excluding carboxylic acids is 1. The van der Waals surface area contributed by atoms with Crippen LogP contribution < -0.4 is 16.2 Å². The molecule has 3 heterocycles. The zero-order chi connectivity index (χ0) is 19.8. The van der Waals surface area contributed by atoms with Crippen LogP contribution in [0.4, 0.5) is 13.2 Å². The Bertz CT molecular complexity index is 905. The number of piperazine rings is 1. The van der Waals surface area contributed by atoms with Crippen LogP contribution in [0, 0.1) is 6.92 Å². The normalized spacial score (nSPS) is 16.6. The second-order valence-electron chi connectivity index (χ2n) is 6.43. The third-order valence-electron chi connectivity index (χ3n) is 4.60. The molecular formula is C16H21ClF3N5O3. The molecule has 1 atom stereocenters. The van der Waals surface area contributed by atoms with Crippen molar-refractivity contribution >= 4 is 29.4 Å². The number of nitrogens with one attached hydrogen (secondary N) is 2. The van der Waals surface area contributed by atoms with Crippen molar-refractivity contribution in [1.29, 1.82) is 0 Å². The molecule has 0 aromatic carbocycles. The summed E-state index contributed by atoms with van der Waals surface area (Å²) in [6.07, 6.45) is -3.24. The van der Waals surface area contributed by atoms with Gasteiger partial charge in [0, 0.05) is 39.8 Å². The van der Waals surface area contributed by atoms with Gasteiger partial charge in [-0.05, 0) is 6.92 Å². The number of alkyl halides is 3. The molecule has 1 unspecified atom stereocenters. The van der Waals surface area contributed by atoms with E-state index in [1.54, 1.807) is 0 Å². The summed E-state index contributed by atoms with van der Waals surface area (Å²) in [7, 11) is 1.46. The van der Waals surface area contributed by atoms with Gasteiger partial charge in [0.2, 0.25) is 5.71 Å². The van der Waals surface area contributed by atoms with Crippen molar-refractivity contribution in [1.82, 2.24) is 25.1 Å². The monoisotopic (exact) mass is 423 g/mol. The largest absolute Gasteiger partial charge is 0.442 e. The Morgan fingerprint density at radius 3 is 2.64 bits per heavy atom. The number of hydrogen-bond donors (Lipinski definition) is 2. The SMILES string of the molecule is Cc1oc2ncn(C)c(=O)c2c1C(=O)NCC(N1CCNCC1)C(F)(F)F.Cl. The molecule has 0 spiro atoms. The Labute approximate surface area is 164 Å². The van der Waals surface area contributed by atoms with Gasteiger partial charge in [-0.1, -0.05) is 0 Å². The predicted molar refractivity (Wildman–Crippen MR) is 97.9 cm³/mol. The maximum absolute atomic E-state index is 13.5. The molecule has 156 valence electrons. The van der Waals surface area contributed by atoms with Gasteiger partial charge in [-0.2, -0.15) is 13.2 Å². The van der Waals surface area contributed by atoms with Crippen molar-refractivity contribution in [2.45, 2.75) is 19.1 Å². The van der Waals surface area contributed by atoms with E-state index in [0.29, 0.717) is 13.1 Å². The van der Waals surface area contributed by atoms with Crippen LogP contribution in [0.2, 0.25) is 0 Å². The van der Waals surface area contributed by atoms with E-state index in [2.05, 4.69) is 15.6 Å². The standard InChI is InChI=1S/C16H20F3N5O3.ClH/c1-9-11(12-14(27-9)22-8-23(2)15(12)26)13(25)21-7-10(16(17,18)19)24-5-3-20-4-6-24;/h8,10,20H,3-7H2,1-2H3,(H,21,25);1H. The summed E-state index contributed by atoms with van der Waals surface area (Å²) in [5.74, 6) is -0.662. The van der Waals surface area contributed by atoms with Crippen LogP contribution in [-0.2, 0) is 7.05 Å². The molecule has 1 aliphatic rings. The predicted octanol–water partition coefficient (Wildman–Crippen LogP) is 0.823. The van der Waals surface area contributed by atoms with Gasteiger partial charge in [0.05, 0.1) is 5.56 Å². The fourth-order valence-corrected chi connectivity index (χ4v) is 3.18. The first-order valence-electron chi connectivity index (χ1n) is 8.44. The van der Waals surface area contributed by atoms with Crippen molar-refractivity contribution in [3.63, 3.8) is 0 Å². The molecule has 0 bridgehead atoms. The summed E-state index contributed by atoms with van der Waals surface area (Å²) in [5, 5.41) is 5.27. The minimum atomic E-state index is -4.49. The average molecular weight is 424 g/mol. The van der Waals surface area contributed by atoms with Gasteiger partial charge in [0.25, 0.3) is 11.5 Å². The summed E-state index contributed by atoms with van der Waals surface area (Å²) in [5.41, 5.74) is -0.605. The zero-order valence-corrected chi connectivity index (χ0v) is 16.1. The Morgan fingerprint density at radius 1 is 1.39 bits per heavy atom. The minimum Gasteiger partial charge on any atom is -0.442 e. The molecule has 2 aromatic heterocycles. The molecular weight excluding hydrogens is 403 g/mol. The van der Waals surface area contributed by atoms with Crippen molar-refractivity contribution in [2.24, 2.45) is 7.05 Å². The summed E-state index contributed by atoms with van der Waals surface area (Å²) in [4.78, 5) is 30.1. The van der Waals surface area contributed by atoms with Crippen molar-refractivity contribution < 1.29 is 22.4 Å². The minimum absolute atomic E-state index is 0. The second-order valence-corrected chi connectivity index (χ2v) is 6.43. The Balaban J connectivity index is 0.00000280. The number of halogens is 4. The van der Waals surface area contributed by atoms with E-state index in [1.165, 1.54) is 29.8 Å². The van der Waals surface area contributed by atoms with Crippen molar-refractivity contribution in [3.05, 3.63) is 28.0 Å². The number of fused-ring (bicyclic) bond motifs is 1. The highest BCUT2D eigenvalue weighted by Gasteiger charge is 2.44. The van der Waals surface area contributed by atoms with Gasteiger partial charge in [-0.3, -0.25) is 14.5 Å². The van der Waals surface area contributed by atoms with Crippen LogP contribution >= 0.6 is 12.4 Å². The summed E-state index contributed by atoms with van der Waals surface area (Å²) in [6.45, 7) is 2.22. The van der Waals surface area contributed by atoms with Crippen LogP contribution in [0.1, 0.15) is 16.1 Å². The van der Waals surface area contributed by atoms with Crippen LogP contribution in [0.5, 0.6) is 0 Å². The van der Waals surface area contributed by atoms with E-state index in [0.717, 1.165) is 0 Å². The first-order chi connectivity index (χ1) is 12.7. The molecule has 2 N–H and O–H groups in total. The molecule has 8 nitrogen and oxygen atoms in total. The van der Waals surface area contributed by atoms with Gasteiger partial charge in [0.1, 0.15) is 23.5 Å². The molecule has 0 saturated carbocycles. The molecule has 12 heteroatoms. The van der Waals surface area contributed by atoms with Crippen LogP contribution in [-0.4, -0.2) is 65.3 Å². The second kappa shape index (κ2) is 8.50. The van der Waals surface area contributed by atoms with Crippen molar-refractivity contribution in [2.75, 3.05) is 32.7 Å². The van der Waals surface area contributed by atoms with E-state index >= 15 is 0 Å². The maximum atomic E-state index is 13.5. The first-order valence-corrected chi connectivity index (χ1v) is 8.44. The molecule has 1 aliphatic heterocycles. The van der Waals surface area contributed by atoms with Gasteiger partial charge >= 0.3 is 6.18 Å². The molecule has 28 heavy (non-hydrogen) atoms. The quantitative estimate of drug-likeness (QED) is 0.756. The van der Waals surface area contributed by atoms with Crippen LogP contribution in [0.25, 0.3) is 11.1 Å². The van der Waals surface area contributed by atoms with E-state index in [9.17, 15) is 22.8 Å². The number of aryl methyl sites for hydroxylation is 2. The summed E-state index contributed by atoms with van der Waals surface area (Å²) >= 11 is 0. The van der Waals surface area contributed by atoms with Crippen LogP contribution in [0.15, 0.2) is 15.5 Å². The highest BCUT2D eigenvalue weighted by molar-refractivity contribution is 6.06. The first kappa shape index (κ1) is 22.2. The molecule has 1 saturated heterocycles. The van der Waals surface area contributed by atoms with Crippen LogP contribution in [0.3, 0.4) is 0 Å². The number of carbonyl (C=O) groups is 1. The summed E-state index contributed by atoms with van der Waals surface area (Å²) < 4.78 is 46.8. The van der Waals surface area contributed by atoms with Gasteiger partial charge in [-0.25, -0.2) is 4.98 Å². The molecule has 2 aromatic rings. The molecule has 1 amide bonds. The van der Waals surface area contributed by atoms with Crippen molar-refractivity contribution in [3.8, 4) is 0 Å². The Kier molecular flexibility index (Phi) is 6.73. The number of hydrogen-bond acceptors (Lipinski definition) is 6. The third kappa shape index (κ3) is 4.31. The van der Waals surface area contributed by atoms with Gasteiger partial charge in [0.15, 0.2) is 0 Å². The zero-order valence-electron chi connectivity index (χ0n) is 15.3. The molecule has 0 aliphatic carbocycles.